The van der Waals surface area contributed by atoms with E-state index >= 15 is 0 Å². The Morgan fingerprint density at radius 2 is 2.00 bits per heavy atom. The third-order valence-corrected chi connectivity index (χ3v) is 3.80. The highest BCUT2D eigenvalue weighted by atomic mass is 16.5. The van der Waals surface area contributed by atoms with Gasteiger partial charge in [0.15, 0.2) is 0 Å². The molecule has 3 rings (SSSR count). The molecule has 0 unspecified atom stereocenters. The number of anilines is 1. The first kappa shape index (κ1) is 13.2. The summed E-state index contributed by atoms with van der Waals surface area (Å²) < 4.78 is 7.16. The van der Waals surface area contributed by atoms with E-state index in [9.17, 15) is 4.79 Å². The number of nitrogens with zero attached hydrogens (tertiary/aromatic N) is 2. The first-order chi connectivity index (χ1) is 9.79. The number of pyridine rings is 1. The fourth-order valence-electron chi connectivity index (χ4n) is 2.71. The maximum Gasteiger partial charge on any atom is 0.258 e. The highest BCUT2D eigenvalue weighted by Gasteiger charge is 2.12. The van der Waals surface area contributed by atoms with Crippen molar-refractivity contribution in [2.45, 2.75) is 19.9 Å². The van der Waals surface area contributed by atoms with Crippen molar-refractivity contribution in [2.24, 2.45) is 0 Å². The Hall–Kier alpha value is -1.81. The van der Waals surface area contributed by atoms with Gasteiger partial charge in [-0.1, -0.05) is 6.92 Å². The van der Waals surface area contributed by atoms with Crippen LogP contribution in [0.3, 0.4) is 0 Å². The zero-order valence-corrected chi connectivity index (χ0v) is 11.8. The molecule has 0 aliphatic carbocycles. The van der Waals surface area contributed by atoms with Crippen LogP contribution >= 0.6 is 0 Å². The molecule has 4 nitrogen and oxygen atoms in total. The second-order valence-corrected chi connectivity index (χ2v) is 5.19. The molecule has 0 N–H and O–H groups in total. The zero-order valence-electron chi connectivity index (χ0n) is 11.8. The molecule has 0 spiro atoms. The molecule has 1 saturated heterocycles. The molecular weight excluding hydrogens is 252 g/mol. The monoisotopic (exact) mass is 272 g/mol. The Balaban J connectivity index is 1.99. The SMILES string of the molecule is CCCn1ccc2cc(N3CCOCC3)ccc2c1=O. The third-order valence-electron chi connectivity index (χ3n) is 3.80. The predicted molar refractivity (Wildman–Crippen MR) is 81.5 cm³/mol. The molecule has 106 valence electrons. The molecular formula is C16H20N2O2. The van der Waals surface area contributed by atoms with E-state index in [1.165, 1.54) is 5.69 Å². The number of rotatable bonds is 3. The Kier molecular flexibility index (Phi) is 3.74. The molecule has 1 aliphatic rings. The minimum absolute atomic E-state index is 0.109. The van der Waals surface area contributed by atoms with Gasteiger partial charge in [-0.15, -0.1) is 0 Å². The number of aryl methyl sites for hydroxylation is 1. The van der Waals surface area contributed by atoms with Gasteiger partial charge in [0.25, 0.3) is 5.56 Å². The summed E-state index contributed by atoms with van der Waals surface area (Å²) in [7, 11) is 0. The Morgan fingerprint density at radius 3 is 2.75 bits per heavy atom. The van der Waals surface area contributed by atoms with Gasteiger partial charge in [-0.25, -0.2) is 0 Å². The highest BCUT2D eigenvalue weighted by molar-refractivity contribution is 5.85. The van der Waals surface area contributed by atoms with Crippen molar-refractivity contribution in [1.82, 2.24) is 4.57 Å². The smallest absolute Gasteiger partial charge is 0.258 e. The van der Waals surface area contributed by atoms with Crippen LogP contribution in [0.1, 0.15) is 13.3 Å². The van der Waals surface area contributed by atoms with Gasteiger partial charge >= 0.3 is 0 Å². The molecule has 0 atom stereocenters. The van der Waals surface area contributed by atoms with Crippen molar-refractivity contribution in [3.05, 3.63) is 40.8 Å². The van der Waals surface area contributed by atoms with E-state index in [4.69, 9.17) is 4.74 Å². The molecule has 1 aromatic carbocycles. The summed E-state index contributed by atoms with van der Waals surface area (Å²) in [4.78, 5) is 14.6. The standard InChI is InChI=1S/C16H20N2O2/c1-2-6-18-7-5-13-12-14(3-4-15(13)16(18)19)17-8-10-20-11-9-17/h3-5,7,12H,2,6,8-11H2,1H3. The van der Waals surface area contributed by atoms with Gasteiger partial charge in [0, 0.05) is 36.9 Å². The van der Waals surface area contributed by atoms with Crippen molar-refractivity contribution in [3.8, 4) is 0 Å². The van der Waals surface area contributed by atoms with Crippen molar-refractivity contribution in [2.75, 3.05) is 31.2 Å². The van der Waals surface area contributed by atoms with E-state index in [2.05, 4.69) is 17.9 Å². The van der Waals surface area contributed by atoms with Gasteiger partial charge in [-0.2, -0.15) is 0 Å². The van der Waals surface area contributed by atoms with Crippen LogP contribution in [0.2, 0.25) is 0 Å². The Labute approximate surface area is 118 Å². The highest BCUT2D eigenvalue weighted by Crippen LogP contribution is 2.21. The minimum atomic E-state index is 0.109. The van der Waals surface area contributed by atoms with Crippen molar-refractivity contribution < 1.29 is 4.74 Å². The van der Waals surface area contributed by atoms with Crippen LogP contribution in [-0.4, -0.2) is 30.9 Å². The number of hydrogen-bond acceptors (Lipinski definition) is 3. The van der Waals surface area contributed by atoms with E-state index in [0.29, 0.717) is 0 Å². The summed E-state index contributed by atoms with van der Waals surface area (Å²) in [5, 5.41) is 1.82. The lowest BCUT2D eigenvalue weighted by Crippen LogP contribution is -2.36. The Bertz CT molecular complexity index is 657. The summed E-state index contributed by atoms with van der Waals surface area (Å²) >= 11 is 0. The Morgan fingerprint density at radius 1 is 1.20 bits per heavy atom. The van der Waals surface area contributed by atoms with Crippen LogP contribution in [0.5, 0.6) is 0 Å². The van der Waals surface area contributed by atoms with Gasteiger partial charge in [0.05, 0.1) is 13.2 Å². The summed E-state index contributed by atoms with van der Waals surface area (Å²) in [6, 6.07) is 8.15. The van der Waals surface area contributed by atoms with Gasteiger partial charge in [-0.05, 0) is 36.1 Å². The summed E-state index contributed by atoms with van der Waals surface area (Å²) in [6.45, 7) is 6.24. The van der Waals surface area contributed by atoms with Crippen LogP contribution < -0.4 is 10.5 Å². The molecule has 4 heteroatoms. The summed E-state index contributed by atoms with van der Waals surface area (Å²) in [5.74, 6) is 0. The quantitative estimate of drug-likeness (QED) is 0.859. The van der Waals surface area contributed by atoms with Gasteiger partial charge in [-0.3, -0.25) is 4.79 Å². The van der Waals surface area contributed by atoms with Crippen LogP contribution in [0.15, 0.2) is 35.3 Å². The lowest BCUT2D eigenvalue weighted by atomic mass is 10.1. The number of hydrogen-bond donors (Lipinski definition) is 0. The molecule has 0 saturated carbocycles. The van der Waals surface area contributed by atoms with Gasteiger partial charge in [0.2, 0.25) is 0 Å². The normalized spacial score (nSPS) is 15.8. The molecule has 2 aromatic rings. The van der Waals surface area contributed by atoms with Crippen molar-refractivity contribution >= 4 is 16.5 Å². The van der Waals surface area contributed by atoms with E-state index in [1.54, 1.807) is 4.57 Å². The number of fused-ring (bicyclic) bond motifs is 1. The van der Waals surface area contributed by atoms with Gasteiger partial charge in [0.1, 0.15) is 0 Å². The van der Waals surface area contributed by atoms with Crippen LogP contribution in [0.4, 0.5) is 5.69 Å². The van der Waals surface area contributed by atoms with E-state index in [1.807, 2.05) is 24.4 Å². The molecule has 1 aromatic heterocycles. The van der Waals surface area contributed by atoms with Crippen molar-refractivity contribution in [3.63, 3.8) is 0 Å². The molecule has 2 heterocycles. The maximum atomic E-state index is 12.3. The number of benzene rings is 1. The van der Waals surface area contributed by atoms with E-state index in [0.717, 1.165) is 50.0 Å². The molecule has 0 bridgehead atoms. The molecule has 1 aliphatic heterocycles. The molecule has 1 fully saturated rings. The number of morpholine rings is 1. The fourth-order valence-corrected chi connectivity index (χ4v) is 2.71. The number of aromatic nitrogens is 1. The van der Waals surface area contributed by atoms with Crippen LogP contribution in [0, 0.1) is 0 Å². The fraction of sp³-hybridized carbons (Fsp3) is 0.438. The molecule has 20 heavy (non-hydrogen) atoms. The summed E-state index contributed by atoms with van der Waals surface area (Å²) in [6.07, 6.45) is 2.87. The first-order valence-corrected chi connectivity index (χ1v) is 7.25. The lowest BCUT2D eigenvalue weighted by molar-refractivity contribution is 0.122. The zero-order chi connectivity index (χ0) is 13.9. The van der Waals surface area contributed by atoms with E-state index < -0.39 is 0 Å². The van der Waals surface area contributed by atoms with Gasteiger partial charge < -0.3 is 14.2 Å². The predicted octanol–water partition coefficient (Wildman–Crippen LogP) is 2.25. The molecule has 0 radical (unpaired) electrons. The van der Waals surface area contributed by atoms with Crippen LogP contribution in [-0.2, 0) is 11.3 Å². The first-order valence-electron chi connectivity index (χ1n) is 7.25. The minimum Gasteiger partial charge on any atom is -0.378 e. The topological polar surface area (TPSA) is 34.5 Å². The average molecular weight is 272 g/mol. The average Bonchev–Trinajstić information content (AvgIpc) is 2.51. The van der Waals surface area contributed by atoms with Crippen molar-refractivity contribution in [1.29, 1.82) is 0 Å². The molecule has 0 amide bonds. The lowest BCUT2D eigenvalue weighted by Gasteiger charge is -2.29. The van der Waals surface area contributed by atoms with Crippen LogP contribution in [0.25, 0.3) is 10.8 Å². The largest absolute Gasteiger partial charge is 0.378 e. The third kappa shape index (κ3) is 2.43. The summed E-state index contributed by atoms with van der Waals surface area (Å²) in [5.41, 5.74) is 1.28. The second-order valence-electron chi connectivity index (χ2n) is 5.19. The second kappa shape index (κ2) is 5.67. The maximum absolute atomic E-state index is 12.3. The van der Waals surface area contributed by atoms with E-state index in [-0.39, 0.29) is 5.56 Å². The number of ether oxygens (including phenoxy) is 1.